The van der Waals surface area contributed by atoms with Crippen molar-refractivity contribution in [2.75, 3.05) is 0 Å². The fraction of sp³-hybridized carbons (Fsp3) is 0.750. The van der Waals surface area contributed by atoms with Crippen LogP contribution in [0, 0.1) is 5.92 Å². The molecular formula is C12H21NO3. The molecule has 2 atom stereocenters. The van der Waals surface area contributed by atoms with Crippen LogP contribution in [-0.4, -0.2) is 22.7 Å². The van der Waals surface area contributed by atoms with Crippen LogP contribution in [0.1, 0.15) is 40.0 Å². The second-order valence-electron chi connectivity index (χ2n) is 5.26. The number of hydrogen-bond donors (Lipinski definition) is 2. The summed E-state index contributed by atoms with van der Waals surface area (Å²) in [6, 6.07) is -0.0488. The molecule has 4 heteroatoms. The van der Waals surface area contributed by atoms with Crippen LogP contribution in [0.25, 0.3) is 0 Å². The van der Waals surface area contributed by atoms with Gasteiger partial charge in [-0.15, -0.1) is 0 Å². The van der Waals surface area contributed by atoms with Crippen LogP contribution in [0.5, 0.6) is 0 Å². The van der Waals surface area contributed by atoms with Gasteiger partial charge in [-0.1, -0.05) is 6.42 Å². The van der Waals surface area contributed by atoms with E-state index in [-0.39, 0.29) is 17.6 Å². The fourth-order valence-electron chi connectivity index (χ4n) is 2.03. The molecule has 2 N–H and O–H groups in total. The highest BCUT2D eigenvalue weighted by Crippen LogP contribution is 2.27. The molecule has 0 aromatic rings. The molecule has 1 fully saturated rings. The lowest BCUT2D eigenvalue weighted by molar-refractivity contribution is -0.142. The average molecular weight is 227 g/mol. The van der Waals surface area contributed by atoms with Crippen LogP contribution in [0.4, 0.5) is 0 Å². The molecule has 92 valence electrons. The first kappa shape index (κ1) is 12.9. The number of carbonyl (C=O) groups is 1. The van der Waals surface area contributed by atoms with Gasteiger partial charge in [0.25, 0.3) is 0 Å². The van der Waals surface area contributed by atoms with Gasteiger partial charge in [0.15, 0.2) is 5.88 Å². The van der Waals surface area contributed by atoms with E-state index in [0.29, 0.717) is 5.88 Å². The van der Waals surface area contributed by atoms with Gasteiger partial charge in [0.2, 0.25) is 0 Å². The zero-order valence-electron chi connectivity index (χ0n) is 10.2. The zero-order chi connectivity index (χ0) is 12.3. The minimum atomic E-state index is -0.737. The van der Waals surface area contributed by atoms with Crippen molar-refractivity contribution in [1.82, 2.24) is 5.32 Å². The average Bonchev–Trinajstić information content (AvgIpc) is 2.47. The van der Waals surface area contributed by atoms with Crippen LogP contribution < -0.4 is 5.32 Å². The number of aliphatic carboxylic acids is 1. The van der Waals surface area contributed by atoms with Crippen molar-refractivity contribution in [3.05, 3.63) is 12.5 Å². The Morgan fingerprint density at radius 1 is 1.44 bits per heavy atom. The Balaban J connectivity index is 2.47. The van der Waals surface area contributed by atoms with Crippen LogP contribution in [0.2, 0.25) is 0 Å². The molecule has 0 heterocycles. The molecule has 1 rings (SSSR count). The first-order chi connectivity index (χ1) is 7.29. The fourth-order valence-corrected chi connectivity index (χ4v) is 2.03. The van der Waals surface area contributed by atoms with E-state index in [1.54, 1.807) is 0 Å². The molecule has 0 saturated heterocycles. The van der Waals surface area contributed by atoms with E-state index >= 15 is 0 Å². The summed E-state index contributed by atoms with van der Waals surface area (Å²) in [5, 5.41) is 12.1. The molecule has 0 aliphatic heterocycles. The predicted octanol–water partition coefficient (Wildman–Crippen LogP) is 2.12. The number of hydrogen-bond acceptors (Lipinski definition) is 3. The summed E-state index contributed by atoms with van der Waals surface area (Å²) in [4.78, 5) is 11.0. The summed E-state index contributed by atoms with van der Waals surface area (Å²) in [6.45, 7) is 9.57. The van der Waals surface area contributed by atoms with Crippen LogP contribution in [-0.2, 0) is 9.53 Å². The Morgan fingerprint density at radius 2 is 2.06 bits per heavy atom. The third kappa shape index (κ3) is 3.76. The van der Waals surface area contributed by atoms with Crippen molar-refractivity contribution in [1.29, 1.82) is 0 Å². The lowest BCUT2D eigenvalue weighted by atomic mass is 10.0. The summed E-state index contributed by atoms with van der Waals surface area (Å²) in [7, 11) is 0. The lowest BCUT2D eigenvalue weighted by Crippen LogP contribution is -2.37. The Bertz CT molecular complexity index is 280. The van der Waals surface area contributed by atoms with Gasteiger partial charge in [0, 0.05) is 6.04 Å². The molecule has 0 aromatic heterocycles. The normalized spacial score (nSPS) is 25.2. The first-order valence-electron chi connectivity index (χ1n) is 5.67. The summed E-state index contributed by atoms with van der Waals surface area (Å²) >= 11 is 0. The molecule has 0 amide bonds. The highest BCUT2D eigenvalue weighted by atomic mass is 16.5. The summed E-state index contributed by atoms with van der Waals surface area (Å²) in [6.07, 6.45) is 2.54. The highest BCUT2D eigenvalue weighted by molar-refractivity contribution is 5.71. The second kappa shape index (κ2) is 4.76. The maximum absolute atomic E-state index is 11.0. The van der Waals surface area contributed by atoms with Crippen molar-refractivity contribution >= 4 is 5.97 Å². The Labute approximate surface area is 96.7 Å². The number of rotatable bonds is 4. The summed E-state index contributed by atoms with van der Waals surface area (Å²) in [5.41, 5.74) is -0.304. The van der Waals surface area contributed by atoms with Crippen molar-refractivity contribution in [2.24, 2.45) is 5.92 Å². The van der Waals surface area contributed by atoms with Crippen LogP contribution in [0.3, 0.4) is 0 Å². The van der Waals surface area contributed by atoms with E-state index in [2.05, 4.69) is 11.9 Å². The van der Waals surface area contributed by atoms with E-state index < -0.39 is 5.97 Å². The number of ether oxygens (including phenoxy) is 1. The first-order valence-corrected chi connectivity index (χ1v) is 5.67. The molecule has 0 aromatic carbocycles. The van der Waals surface area contributed by atoms with Crippen molar-refractivity contribution in [3.8, 4) is 0 Å². The third-order valence-electron chi connectivity index (χ3n) is 2.61. The Hall–Kier alpha value is -1.19. The Kier molecular flexibility index (Phi) is 3.83. The highest BCUT2D eigenvalue weighted by Gasteiger charge is 2.33. The van der Waals surface area contributed by atoms with Gasteiger partial charge >= 0.3 is 5.97 Å². The van der Waals surface area contributed by atoms with Gasteiger partial charge in [-0.25, -0.2) is 0 Å². The molecule has 0 spiro atoms. The minimum Gasteiger partial charge on any atom is -0.481 e. The topological polar surface area (TPSA) is 58.6 Å². The van der Waals surface area contributed by atoms with Gasteiger partial charge in [-0.3, -0.25) is 4.79 Å². The van der Waals surface area contributed by atoms with Crippen LogP contribution in [0.15, 0.2) is 12.5 Å². The molecule has 16 heavy (non-hydrogen) atoms. The molecule has 1 unspecified atom stereocenters. The van der Waals surface area contributed by atoms with Crippen molar-refractivity contribution in [2.45, 2.75) is 51.7 Å². The molecular weight excluding hydrogens is 206 g/mol. The number of carboxylic acid groups (broad SMARTS) is 1. The maximum atomic E-state index is 11.0. The SMILES string of the molecule is C=C(NC1CCC[C@H]1C(=O)O)OC(C)(C)C. The standard InChI is InChI=1S/C12H21NO3/c1-8(16-12(2,3)4)13-10-7-5-6-9(10)11(14)15/h9-10,13H,1,5-7H2,2-4H3,(H,14,15)/t9-,10?/m1/s1. The quantitative estimate of drug-likeness (QED) is 0.722. The molecule has 4 nitrogen and oxygen atoms in total. The van der Waals surface area contributed by atoms with E-state index in [9.17, 15) is 4.79 Å². The molecule has 0 bridgehead atoms. The summed E-state index contributed by atoms with van der Waals surface area (Å²) < 4.78 is 5.53. The molecule has 1 aliphatic rings. The van der Waals surface area contributed by atoms with Gasteiger partial charge < -0.3 is 15.2 Å². The second-order valence-corrected chi connectivity index (χ2v) is 5.26. The van der Waals surface area contributed by atoms with Gasteiger partial charge in [-0.05, 0) is 40.2 Å². The van der Waals surface area contributed by atoms with Gasteiger partial charge in [-0.2, -0.15) is 0 Å². The predicted molar refractivity (Wildman–Crippen MR) is 61.9 cm³/mol. The smallest absolute Gasteiger partial charge is 0.308 e. The third-order valence-corrected chi connectivity index (χ3v) is 2.61. The van der Waals surface area contributed by atoms with Crippen molar-refractivity contribution in [3.63, 3.8) is 0 Å². The van der Waals surface area contributed by atoms with E-state index in [1.807, 2.05) is 20.8 Å². The van der Waals surface area contributed by atoms with Gasteiger partial charge in [0.05, 0.1) is 5.92 Å². The van der Waals surface area contributed by atoms with E-state index in [0.717, 1.165) is 19.3 Å². The lowest BCUT2D eigenvalue weighted by Gasteiger charge is -2.26. The molecule has 1 saturated carbocycles. The number of carboxylic acids is 1. The zero-order valence-corrected chi connectivity index (χ0v) is 10.2. The summed E-state index contributed by atoms with van der Waals surface area (Å²) in [5.74, 6) is -0.593. The number of nitrogens with one attached hydrogen (secondary N) is 1. The minimum absolute atomic E-state index is 0.0488. The van der Waals surface area contributed by atoms with E-state index in [4.69, 9.17) is 9.84 Å². The van der Waals surface area contributed by atoms with Crippen molar-refractivity contribution < 1.29 is 14.6 Å². The van der Waals surface area contributed by atoms with Crippen LogP contribution >= 0.6 is 0 Å². The molecule has 1 aliphatic carbocycles. The Morgan fingerprint density at radius 3 is 2.56 bits per heavy atom. The van der Waals surface area contributed by atoms with Gasteiger partial charge in [0.1, 0.15) is 5.60 Å². The van der Waals surface area contributed by atoms with E-state index in [1.165, 1.54) is 0 Å². The molecule has 0 radical (unpaired) electrons. The monoisotopic (exact) mass is 227 g/mol. The maximum Gasteiger partial charge on any atom is 0.308 e. The largest absolute Gasteiger partial charge is 0.481 e.